The van der Waals surface area contributed by atoms with E-state index in [1.165, 1.54) is 19.3 Å². The van der Waals surface area contributed by atoms with Crippen LogP contribution >= 0.6 is 0 Å². The summed E-state index contributed by atoms with van der Waals surface area (Å²) < 4.78 is 0. The van der Waals surface area contributed by atoms with E-state index in [0.717, 1.165) is 31.6 Å². The van der Waals surface area contributed by atoms with Crippen LogP contribution < -0.4 is 5.32 Å². The Labute approximate surface area is 121 Å². The summed E-state index contributed by atoms with van der Waals surface area (Å²) in [6.45, 7) is 5.49. The quantitative estimate of drug-likeness (QED) is 0.896. The van der Waals surface area contributed by atoms with Gasteiger partial charge in [-0.05, 0) is 24.8 Å². The molecule has 0 aliphatic carbocycles. The summed E-state index contributed by atoms with van der Waals surface area (Å²) in [6, 6.07) is 10.1. The van der Waals surface area contributed by atoms with Crippen molar-refractivity contribution < 1.29 is 4.79 Å². The van der Waals surface area contributed by atoms with Crippen LogP contribution in [0.4, 0.5) is 4.79 Å². The lowest BCUT2D eigenvalue weighted by molar-refractivity contribution is -0.00183. The number of carbonyl (C=O) groups is 1. The first-order valence-electron chi connectivity index (χ1n) is 7.65. The minimum absolute atomic E-state index is 0.0256. The van der Waals surface area contributed by atoms with Gasteiger partial charge in [0.1, 0.15) is 0 Å². The highest BCUT2D eigenvalue weighted by Gasteiger charge is 2.21. The molecule has 4 heteroatoms. The maximum absolute atomic E-state index is 12.4. The minimum Gasteiger partial charge on any atom is -0.333 e. The average molecular weight is 275 g/mol. The van der Waals surface area contributed by atoms with Gasteiger partial charge in [-0.15, -0.1) is 0 Å². The topological polar surface area (TPSA) is 35.6 Å². The second-order valence-electron chi connectivity index (χ2n) is 5.28. The lowest BCUT2D eigenvalue weighted by Gasteiger charge is -2.37. The van der Waals surface area contributed by atoms with Crippen molar-refractivity contribution in [2.45, 2.75) is 39.2 Å². The molecular weight excluding hydrogens is 250 g/mol. The Bertz CT molecular complexity index is 401. The predicted molar refractivity (Wildman–Crippen MR) is 81.1 cm³/mol. The number of rotatable bonds is 5. The number of nitrogens with zero attached hydrogens (tertiary/aromatic N) is 2. The van der Waals surface area contributed by atoms with Gasteiger partial charge < -0.3 is 5.32 Å². The lowest BCUT2D eigenvalue weighted by atomic mass is 10.2. The van der Waals surface area contributed by atoms with Crippen LogP contribution in [0.5, 0.6) is 0 Å². The number of piperidine rings is 1. The molecule has 1 aromatic carbocycles. The van der Waals surface area contributed by atoms with Gasteiger partial charge in [0, 0.05) is 26.2 Å². The number of nitrogens with one attached hydrogen (secondary N) is 1. The molecule has 1 aromatic rings. The molecule has 1 aliphatic heterocycles. The molecular formula is C16H25N3O. The molecule has 1 N–H and O–H groups in total. The zero-order valence-electron chi connectivity index (χ0n) is 12.3. The third kappa shape index (κ3) is 4.23. The molecule has 0 bridgehead atoms. The van der Waals surface area contributed by atoms with E-state index in [4.69, 9.17) is 0 Å². The van der Waals surface area contributed by atoms with E-state index in [0.29, 0.717) is 6.54 Å². The lowest BCUT2D eigenvalue weighted by Crippen LogP contribution is -2.52. The van der Waals surface area contributed by atoms with Crippen LogP contribution in [0.25, 0.3) is 0 Å². The molecule has 0 aromatic heterocycles. The predicted octanol–water partition coefficient (Wildman–Crippen LogP) is 3.01. The molecule has 2 amide bonds. The molecule has 0 saturated carbocycles. The Hall–Kier alpha value is -1.55. The minimum atomic E-state index is 0.0256. The Balaban J connectivity index is 1.89. The summed E-state index contributed by atoms with van der Waals surface area (Å²) in [6.07, 6.45) is 4.63. The van der Waals surface area contributed by atoms with Gasteiger partial charge in [-0.25, -0.2) is 9.80 Å². The highest BCUT2D eigenvalue weighted by atomic mass is 16.2. The second kappa shape index (κ2) is 7.90. The van der Waals surface area contributed by atoms with E-state index in [1.807, 2.05) is 35.3 Å². The zero-order chi connectivity index (χ0) is 14.2. The van der Waals surface area contributed by atoms with Gasteiger partial charge in [0.25, 0.3) is 0 Å². The largest absolute Gasteiger partial charge is 0.333 e. The number of amides is 2. The summed E-state index contributed by atoms with van der Waals surface area (Å²) in [7, 11) is 0. The van der Waals surface area contributed by atoms with Crippen molar-refractivity contribution in [3.05, 3.63) is 35.9 Å². The fourth-order valence-electron chi connectivity index (χ4n) is 2.57. The van der Waals surface area contributed by atoms with Crippen LogP contribution in [-0.4, -0.2) is 35.7 Å². The third-order valence-corrected chi connectivity index (χ3v) is 3.63. The second-order valence-corrected chi connectivity index (χ2v) is 5.28. The molecule has 1 saturated heterocycles. The molecule has 1 fully saturated rings. The van der Waals surface area contributed by atoms with Crippen LogP contribution in [0, 0.1) is 0 Å². The molecule has 4 nitrogen and oxygen atoms in total. The van der Waals surface area contributed by atoms with Crippen LogP contribution in [-0.2, 0) is 6.54 Å². The zero-order valence-corrected chi connectivity index (χ0v) is 12.3. The Morgan fingerprint density at radius 2 is 1.90 bits per heavy atom. The first kappa shape index (κ1) is 14.9. The summed E-state index contributed by atoms with van der Waals surface area (Å²) in [4.78, 5) is 12.4. The Morgan fingerprint density at radius 1 is 1.20 bits per heavy atom. The molecule has 20 heavy (non-hydrogen) atoms. The van der Waals surface area contributed by atoms with Crippen molar-refractivity contribution >= 4 is 6.03 Å². The van der Waals surface area contributed by atoms with Gasteiger partial charge in [0.15, 0.2) is 0 Å². The summed E-state index contributed by atoms with van der Waals surface area (Å²) in [5.41, 5.74) is 1.14. The van der Waals surface area contributed by atoms with Crippen LogP contribution in [0.3, 0.4) is 0 Å². The van der Waals surface area contributed by atoms with Crippen molar-refractivity contribution in [1.82, 2.24) is 15.3 Å². The molecule has 1 aliphatic rings. The fraction of sp³-hybridized carbons (Fsp3) is 0.562. The first-order chi connectivity index (χ1) is 9.81. The van der Waals surface area contributed by atoms with Crippen molar-refractivity contribution in [1.29, 1.82) is 0 Å². The number of benzene rings is 1. The number of carbonyl (C=O) groups excluding carboxylic acids is 1. The molecule has 0 unspecified atom stereocenters. The number of hydrogen-bond acceptors (Lipinski definition) is 2. The number of urea groups is 1. The summed E-state index contributed by atoms with van der Waals surface area (Å²) in [5.74, 6) is 0. The number of hydrazine groups is 1. The summed E-state index contributed by atoms with van der Waals surface area (Å²) >= 11 is 0. The Kier molecular flexibility index (Phi) is 5.87. The molecule has 0 spiro atoms. The van der Waals surface area contributed by atoms with Gasteiger partial charge in [0.05, 0.1) is 0 Å². The van der Waals surface area contributed by atoms with E-state index in [2.05, 4.69) is 17.2 Å². The number of hydrogen-bond donors (Lipinski definition) is 1. The van der Waals surface area contributed by atoms with E-state index < -0.39 is 0 Å². The van der Waals surface area contributed by atoms with Crippen molar-refractivity contribution in [3.8, 4) is 0 Å². The molecule has 1 heterocycles. The maximum atomic E-state index is 12.4. The fourth-order valence-corrected chi connectivity index (χ4v) is 2.57. The van der Waals surface area contributed by atoms with Crippen molar-refractivity contribution in [3.63, 3.8) is 0 Å². The smallest absolute Gasteiger partial charge is 0.332 e. The van der Waals surface area contributed by atoms with Gasteiger partial charge >= 0.3 is 6.03 Å². The highest BCUT2D eigenvalue weighted by molar-refractivity contribution is 5.73. The van der Waals surface area contributed by atoms with Gasteiger partial charge in [0.2, 0.25) is 0 Å². The van der Waals surface area contributed by atoms with Crippen molar-refractivity contribution in [2.24, 2.45) is 0 Å². The van der Waals surface area contributed by atoms with E-state index >= 15 is 0 Å². The SMILES string of the molecule is CCCN(C(=O)NCc1ccccc1)N1CCCCC1. The first-order valence-corrected chi connectivity index (χ1v) is 7.65. The molecule has 0 atom stereocenters. The highest BCUT2D eigenvalue weighted by Crippen LogP contribution is 2.12. The van der Waals surface area contributed by atoms with Gasteiger partial charge in [-0.3, -0.25) is 5.01 Å². The van der Waals surface area contributed by atoms with Gasteiger partial charge in [-0.2, -0.15) is 0 Å². The van der Waals surface area contributed by atoms with Crippen LogP contribution in [0.2, 0.25) is 0 Å². The van der Waals surface area contributed by atoms with E-state index in [9.17, 15) is 4.79 Å². The van der Waals surface area contributed by atoms with Crippen LogP contribution in [0.15, 0.2) is 30.3 Å². The van der Waals surface area contributed by atoms with Crippen LogP contribution in [0.1, 0.15) is 38.2 Å². The third-order valence-electron chi connectivity index (χ3n) is 3.63. The normalized spacial score (nSPS) is 15.8. The van der Waals surface area contributed by atoms with E-state index in [-0.39, 0.29) is 6.03 Å². The van der Waals surface area contributed by atoms with Gasteiger partial charge in [-0.1, -0.05) is 43.7 Å². The van der Waals surface area contributed by atoms with Crippen molar-refractivity contribution in [2.75, 3.05) is 19.6 Å². The average Bonchev–Trinajstić information content (AvgIpc) is 2.52. The molecule has 0 radical (unpaired) electrons. The van der Waals surface area contributed by atoms with E-state index in [1.54, 1.807) is 0 Å². The molecule has 110 valence electrons. The monoisotopic (exact) mass is 275 g/mol. The molecule has 2 rings (SSSR count). The maximum Gasteiger partial charge on any atom is 0.332 e. The Morgan fingerprint density at radius 3 is 2.55 bits per heavy atom. The standard InChI is InChI=1S/C16H25N3O/c1-2-11-19(18-12-7-4-8-13-18)16(20)17-14-15-9-5-3-6-10-15/h3,5-6,9-10H,2,4,7-8,11-14H2,1H3,(H,17,20). The summed E-state index contributed by atoms with van der Waals surface area (Å²) in [5, 5.41) is 7.12.